The van der Waals surface area contributed by atoms with E-state index in [0.717, 1.165) is 68.9 Å². The number of nitrogens with zero attached hydrogens (tertiary/aromatic N) is 1. The Morgan fingerprint density at radius 1 is 1.09 bits per heavy atom. The van der Waals surface area contributed by atoms with Crippen LogP contribution in [-0.4, -0.2) is 32.2 Å². The van der Waals surface area contributed by atoms with Gasteiger partial charge in [-0.2, -0.15) is 0 Å². The molecule has 1 aromatic heterocycles. The van der Waals surface area contributed by atoms with Crippen molar-refractivity contribution in [2.75, 3.05) is 22.4 Å². The van der Waals surface area contributed by atoms with Crippen molar-refractivity contribution in [3.63, 3.8) is 0 Å². The maximum absolute atomic E-state index is 13.7. The van der Waals surface area contributed by atoms with Crippen molar-refractivity contribution < 1.29 is 22.7 Å². The first-order valence-corrected chi connectivity index (χ1v) is 14.8. The van der Waals surface area contributed by atoms with Crippen LogP contribution in [0.4, 0.5) is 11.4 Å². The van der Waals surface area contributed by atoms with E-state index in [1.807, 2.05) is 12.1 Å². The molecular weight excluding hydrogens is 464 g/mol. The number of benzene rings is 1. The zero-order valence-corrected chi connectivity index (χ0v) is 21.1. The van der Waals surface area contributed by atoms with E-state index in [2.05, 4.69) is 4.72 Å². The van der Waals surface area contributed by atoms with Crippen molar-refractivity contribution in [1.29, 1.82) is 0 Å². The molecule has 3 saturated carbocycles. The second kappa shape index (κ2) is 8.10. The molecule has 1 aromatic carbocycles. The molecule has 0 radical (unpaired) electrons. The molecule has 7 nitrogen and oxygen atoms in total. The van der Waals surface area contributed by atoms with Crippen LogP contribution in [0.3, 0.4) is 0 Å². The number of anilines is 2. The molecule has 0 bridgehead atoms. The van der Waals surface area contributed by atoms with Gasteiger partial charge >= 0.3 is 0 Å². The fourth-order valence-corrected chi connectivity index (χ4v) is 7.31. The highest BCUT2D eigenvalue weighted by Crippen LogP contribution is 2.62. The van der Waals surface area contributed by atoms with Gasteiger partial charge in [-0.1, -0.05) is 12.8 Å². The molecule has 188 valence electrons. The summed E-state index contributed by atoms with van der Waals surface area (Å²) in [6.45, 7) is 0.570. The van der Waals surface area contributed by atoms with Crippen LogP contribution in [0.2, 0.25) is 0 Å². The number of aliphatic hydroxyl groups is 1. The lowest BCUT2D eigenvalue weighted by molar-refractivity contribution is 0.0828. The van der Waals surface area contributed by atoms with Gasteiger partial charge in [0, 0.05) is 23.3 Å². The number of hydrogen-bond acceptors (Lipinski definition) is 5. The Kier molecular flexibility index (Phi) is 5.35. The summed E-state index contributed by atoms with van der Waals surface area (Å²) in [5.74, 6) is 0.699. The number of fused-ring (bicyclic) bond motifs is 2. The lowest BCUT2D eigenvalue weighted by atomic mass is 9.66. The first kappa shape index (κ1) is 23.1. The average molecular weight is 499 g/mol. The Morgan fingerprint density at radius 2 is 1.77 bits per heavy atom. The molecule has 1 atom stereocenters. The molecule has 0 unspecified atom stereocenters. The molecule has 2 spiro atoms. The van der Waals surface area contributed by atoms with Gasteiger partial charge in [-0.15, -0.1) is 0 Å². The molecule has 1 amide bonds. The largest absolute Gasteiger partial charge is 0.453 e. The zero-order chi connectivity index (χ0) is 24.4. The van der Waals surface area contributed by atoms with Crippen LogP contribution in [0.1, 0.15) is 92.2 Å². The molecular formula is C27H34N2O5S. The number of carbonyl (C=O) groups excluding carboxylic acids is 1. The predicted molar refractivity (Wildman–Crippen MR) is 134 cm³/mol. The topological polar surface area (TPSA) is 99.9 Å². The lowest BCUT2D eigenvalue weighted by Gasteiger charge is -2.38. The van der Waals surface area contributed by atoms with Gasteiger partial charge in [0.15, 0.2) is 5.76 Å². The van der Waals surface area contributed by atoms with Crippen LogP contribution < -0.4 is 9.62 Å². The third kappa shape index (κ3) is 4.18. The fourth-order valence-electron chi connectivity index (χ4n) is 6.76. The van der Waals surface area contributed by atoms with Crippen molar-refractivity contribution in [3.8, 4) is 0 Å². The average Bonchev–Trinajstić information content (AvgIpc) is 3.23. The number of rotatable bonds is 5. The van der Waals surface area contributed by atoms with Crippen LogP contribution in [0.25, 0.3) is 0 Å². The Bertz CT molecular complexity index is 1250. The highest BCUT2D eigenvalue weighted by atomic mass is 32.2. The van der Waals surface area contributed by atoms with E-state index in [1.165, 1.54) is 12.8 Å². The van der Waals surface area contributed by atoms with Gasteiger partial charge in [0.1, 0.15) is 11.9 Å². The predicted octanol–water partition coefficient (Wildman–Crippen LogP) is 5.13. The van der Waals surface area contributed by atoms with Crippen LogP contribution in [-0.2, 0) is 15.4 Å². The van der Waals surface area contributed by atoms with Gasteiger partial charge in [-0.05, 0) is 98.6 Å². The lowest BCUT2D eigenvalue weighted by Crippen LogP contribution is -2.39. The first-order chi connectivity index (χ1) is 16.7. The molecule has 3 fully saturated rings. The van der Waals surface area contributed by atoms with Crippen LogP contribution in [0, 0.1) is 11.3 Å². The van der Waals surface area contributed by atoms with E-state index >= 15 is 0 Å². The molecule has 3 aliphatic carbocycles. The summed E-state index contributed by atoms with van der Waals surface area (Å²) in [6, 6.07) is 8.92. The molecule has 8 heteroatoms. The van der Waals surface area contributed by atoms with Crippen molar-refractivity contribution in [2.45, 2.75) is 75.7 Å². The van der Waals surface area contributed by atoms with Gasteiger partial charge < -0.3 is 14.4 Å². The van der Waals surface area contributed by atoms with Gasteiger partial charge in [-0.3, -0.25) is 9.52 Å². The van der Waals surface area contributed by atoms with E-state index in [-0.39, 0.29) is 23.0 Å². The standard InChI is InChI=1S/C27H34N2O5S/c1-35(32,33)28-19-6-7-21-20(16-19)27(14-12-26(10-11-26)13-15-27)17-29(21)25(31)23-9-8-22(34-23)24(30)18-4-2-3-5-18/h6-9,16,18,24,28,30H,2-5,10-15,17H2,1H3/t24-/m1/s1. The van der Waals surface area contributed by atoms with E-state index in [4.69, 9.17) is 4.42 Å². The highest BCUT2D eigenvalue weighted by Gasteiger charge is 2.53. The maximum atomic E-state index is 13.7. The van der Waals surface area contributed by atoms with Gasteiger partial charge in [0.2, 0.25) is 10.0 Å². The van der Waals surface area contributed by atoms with Gasteiger partial charge in [-0.25, -0.2) is 8.42 Å². The van der Waals surface area contributed by atoms with Gasteiger partial charge in [0.05, 0.1) is 6.26 Å². The zero-order valence-electron chi connectivity index (χ0n) is 20.3. The second-order valence-corrected chi connectivity index (χ2v) is 13.2. The second-order valence-electron chi connectivity index (χ2n) is 11.5. The number of carbonyl (C=O) groups is 1. The van der Waals surface area contributed by atoms with Crippen molar-refractivity contribution in [3.05, 3.63) is 47.4 Å². The third-order valence-electron chi connectivity index (χ3n) is 9.07. The normalized spacial score (nSPS) is 23.5. The van der Waals surface area contributed by atoms with E-state index in [0.29, 0.717) is 23.4 Å². The monoisotopic (exact) mass is 498 g/mol. The first-order valence-electron chi connectivity index (χ1n) is 12.9. The smallest absolute Gasteiger partial charge is 0.294 e. The summed E-state index contributed by atoms with van der Waals surface area (Å²) in [4.78, 5) is 15.5. The Hall–Kier alpha value is -2.32. The summed E-state index contributed by atoms with van der Waals surface area (Å²) in [7, 11) is -3.40. The Labute approximate surface area is 206 Å². The number of nitrogens with one attached hydrogen (secondary N) is 1. The summed E-state index contributed by atoms with van der Waals surface area (Å²) < 4.78 is 32.3. The molecule has 1 aliphatic heterocycles. The fraction of sp³-hybridized carbons (Fsp3) is 0.593. The quantitative estimate of drug-likeness (QED) is 0.596. The molecule has 2 N–H and O–H groups in total. The molecule has 2 aromatic rings. The van der Waals surface area contributed by atoms with Crippen LogP contribution in [0.5, 0.6) is 0 Å². The van der Waals surface area contributed by atoms with E-state index in [1.54, 1.807) is 23.1 Å². The molecule has 6 rings (SSSR count). The molecule has 0 saturated heterocycles. The minimum absolute atomic E-state index is 0.174. The highest BCUT2D eigenvalue weighted by molar-refractivity contribution is 7.92. The summed E-state index contributed by atoms with van der Waals surface area (Å²) >= 11 is 0. The van der Waals surface area contributed by atoms with Crippen LogP contribution >= 0.6 is 0 Å². The minimum Gasteiger partial charge on any atom is -0.453 e. The van der Waals surface area contributed by atoms with Crippen molar-refractivity contribution in [1.82, 2.24) is 0 Å². The number of furan rings is 1. The Morgan fingerprint density at radius 3 is 2.43 bits per heavy atom. The third-order valence-corrected chi connectivity index (χ3v) is 9.67. The number of sulfonamides is 1. The molecule has 35 heavy (non-hydrogen) atoms. The summed E-state index contributed by atoms with van der Waals surface area (Å²) in [6.07, 6.45) is 11.6. The number of amides is 1. The Balaban J connectivity index is 1.31. The van der Waals surface area contributed by atoms with Gasteiger partial charge in [0.25, 0.3) is 5.91 Å². The summed E-state index contributed by atoms with van der Waals surface area (Å²) in [5.41, 5.74) is 2.74. The van der Waals surface area contributed by atoms with Crippen molar-refractivity contribution >= 4 is 27.3 Å². The number of hydrogen-bond donors (Lipinski definition) is 2. The minimum atomic E-state index is -3.40. The maximum Gasteiger partial charge on any atom is 0.294 e. The summed E-state index contributed by atoms with van der Waals surface area (Å²) in [5, 5.41) is 10.7. The molecule has 2 heterocycles. The van der Waals surface area contributed by atoms with E-state index in [9.17, 15) is 18.3 Å². The molecule has 4 aliphatic rings. The SMILES string of the molecule is CS(=O)(=O)Nc1ccc2c(c1)C1(CCC3(CC3)CC1)CN2C(=O)c1ccc([C@H](O)C2CCCC2)o1. The number of aliphatic hydroxyl groups excluding tert-OH is 1. The van der Waals surface area contributed by atoms with Crippen LogP contribution in [0.15, 0.2) is 34.7 Å². The van der Waals surface area contributed by atoms with E-state index < -0.39 is 16.1 Å². The van der Waals surface area contributed by atoms with Crippen molar-refractivity contribution in [2.24, 2.45) is 11.3 Å².